The Labute approximate surface area is 134 Å². The summed E-state index contributed by atoms with van der Waals surface area (Å²) >= 11 is 0. The van der Waals surface area contributed by atoms with Gasteiger partial charge in [-0.25, -0.2) is 13.2 Å². The highest BCUT2D eigenvalue weighted by Crippen LogP contribution is 2.38. The monoisotopic (exact) mass is 326 g/mol. The Morgan fingerprint density at radius 1 is 1.26 bits per heavy atom. The van der Waals surface area contributed by atoms with Gasteiger partial charge in [-0.1, -0.05) is 6.08 Å². The lowest BCUT2D eigenvalue weighted by molar-refractivity contribution is -0.162. The molecule has 126 valence electrons. The minimum Gasteiger partial charge on any atom is -0.327 e. The van der Waals surface area contributed by atoms with E-state index in [-0.39, 0.29) is 13.1 Å². The fourth-order valence-electron chi connectivity index (χ4n) is 3.08. The van der Waals surface area contributed by atoms with E-state index in [1.54, 1.807) is 18.9 Å². The Bertz CT molecular complexity index is 616. The van der Waals surface area contributed by atoms with Gasteiger partial charge in [-0.3, -0.25) is 9.69 Å². The number of carbonyl (C=O) groups excluding carboxylic acids is 1. The molecule has 0 spiro atoms. The number of amides is 1. The second-order valence-corrected chi connectivity index (χ2v) is 6.40. The maximum Gasteiger partial charge on any atom is 0.246 e. The Balaban J connectivity index is 2.58. The fourth-order valence-corrected chi connectivity index (χ4v) is 3.08. The standard InChI is InChI=1S/C17H21F3N2O/c1-5-6-22-15(23)16(2,10-18)21(4)11-17(22,3)12-7-13(19)9-14(20)8-12/h5,7-9H,1,6,10-11H2,2-4H3/t16-,17+/m1/s1. The molecule has 2 atom stereocenters. The molecule has 1 heterocycles. The van der Waals surface area contributed by atoms with E-state index < -0.39 is 35.3 Å². The molecule has 0 N–H and O–H groups in total. The number of carbonyl (C=O) groups is 1. The van der Waals surface area contributed by atoms with Gasteiger partial charge in [0.25, 0.3) is 0 Å². The zero-order valence-corrected chi connectivity index (χ0v) is 13.6. The number of hydrogen-bond donors (Lipinski definition) is 0. The zero-order valence-electron chi connectivity index (χ0n) is 13.6. The van der Waals surface area contributed by atoms with Crippen LogP contribution in [0.2, 0.25) is 0 Å². The van der Waals surface area contributed by atoms with Crippen LogP contribution in [-0.2, 0) is 10.3 Å². The number of hydrogen-bond acceptors (Lipinski definition) is 2. The third kappa shape index (κ3) is 2.76. The lowest BCUT2D eigenvalue weighted by atomic mass is 9.82. The number of nitrogens with zero attached hydrogens (tertiary/aromatic N) is 2. The first kappa shape index (κ1) is 17.5. The Hall–Kier alpha value is -1.82. The minimum absolute atomic E-state index is 0.164. The van der Waals surface area contributed by atoms with Crippen molar-refractivity contribution in [2.75, 3.05) is 26.8 Å². The highest BCUT2D eigenvalue weighted by molar-refractivity contribution is 5.88. The average Bonchev–Trinajstić information content (AvgIpc) is 2.48. The highest BCUT2D eigenvalue weighted by atomic mass is 19.1. The van der Waals surface area contributed by atoms with Crippen molar-refractivity contribution in [3.05, 3.63) is 48.1 Å². The van der Waals surface area contributed by atoms with Crippen LogP contribution in [-0.4, -0.2) is 48.1 Å². The van der Waals surface area contributed by atoms with Crippen LogP contribution in [0.5, 0.6) is 0 Å². The molecule has 1 fully saturated rings. The van der Waals surface area contributed by atoms with E-state index in [1.807, 2.05) is 0 Å². The number of halogens is 3. The Kier molecular flexibility index (Phi) is 4.57. The van der Waals surface area contributed by atoms with E-state index in [0.717, 1.165) is 6.07 Å². The predicted octanol–water partition coefficient (Wildman–Crippen LogP) is 2.87. The number of rotatable bonds is 4. The molecule has 0 aliphatic carbocycles. The summed E-state index contributed by atoms with van der Waals surface area (Å²) < 4.78 is 40.8. The molecule has 1 amide bonds. The molecular weight excluding hydrogens is 305 g/mol. The topological polar surface area (TPSA) is 23.6 Å². The van der Waals surface area contributed by atoms with Gasteiger partial charge in [0.2, 0.25) is 5.91 Å². The molecule has 1 aliphatic heterocycles. The summed E-state index contributed by atoms with van der Waals surface area (Å²) in [5.41, 5.74) is -1.95. The van der Waals surface area contributed by atoms with Crippen LogP contribution in [0.4, 0.5) is 13.2 Å². The molecule has 0 radical (unpaired) electrons. The predicted molar refractivity (Wildman–Crippen MR) is 82.6 cm³/mol. The molecule has 1 aromatic rings. The first-order valence-electron chi connectivity index (χ1n) is 7.36. The van der Waals surface area contributed by atoms with Crippen LogP contribution in [0.25, 0.3) is 0 Å². The Morgan fingerprint density at radius 3 is 2.30 bits per heavy atom. The fraction of sp³-hybridized carbons (Fsp3) is 0.471. The molecule has 6 heteroatoms. The largest absolute Gasteiger partial charge is 0.327 e. The van der Waals surface area contributed by atoms with Gasteiger partial charge >= 0.3 is 0 Å². The molecule has 23 heavy (non-hydrogen) atoms. The van der Waals surface area contributed by atoms with Gasteiger partial charge in [0.05, 0.1) is 5.54 Å². The molecular formula is C17H21F3N2O. The summed E-state index contributed by atoms with van der Waals surface area (Å²) in [6.45, 7) is 6.44. The zero-order chi connectivity index (χ0) is 17.4. The summed E-state index contributed by atoms with van der Waals surface area (Å²) in [6, 6.07) is 3.20. The summed E-state index contributed by atoms with van der Waals surface area (Å²) in [6.07, 6.45) is 1.52. The van der Waals surface area contributed by atoms with Crippen molar-refractivity contribution < 1.29 is 18.0 Å². The highest BCUT2D eigenvalue weighted by Gasteiger charge is 2.53. The van der Waals surface area contributed by atoms with Gasteiger partial charge in [-0.2, -0.15) is 0 Å². The van der Waals surface area contributed by atoms with Crippen molar-refractivity contribution >= 4 is 5.91 Å². The van der Waals surface area contributed by atoms with E-state index in [9.17, 15) is 18.0 Å². The minimum atomic E-state index is -1.30. The summed E-state index contributed by atoms with van der Waals surface area (Å²) in [7, 11) is 1.64. The third-order valence-corrected chi connectivity index (χ3v) is 4.75. The lowest BCUT2D eigenvalue weighted by Gasteiger charge is -2.54. The van der Waals surface area contributed by atoms with E-state index in [4.69, 9.17) is 0 Å². The van der Waals surface area contributed by atoms with Crippen molar-refractivity contribution in [1.82, 2.24) is 9.80 Å². The van der Waals surface area contributed by atoms with E-state index in [2.05, 4.69) is 6.58 Å². The molecule has 3 nitrogen and oxygen atoms in total. The van der Waals surface area contributed by atoms with Gasteiger partial charge in [0.1, 0.15) is 23.8 Å². The molecule has 1 saturated heterocycles. The normalized spacial score (nSPS) is 29.0. The Morgan fingerprint density at radius 2 is 1.83 bits per heavy atom. The van der Waals surface area contributed by atoms with Crippen molar-refractivity contribution in [3.63, 3.8) is 0 Å². The summed E-state index contributed by atoms with van der Waals surface area (Å²) in [4.78, 5) is 15.9. The van der Waals surface area contributed by atoms with Crippen molar-refractivity contribution in [3.8, 4) is 0 Å². The third-order valence-electron chi connectivity index (χ3n) is 4.75. The van der Waals surface area contributed by atoms with Crippen LogP contribution in [0.1, 0.15) is 19.4 Å². The second-order valence-electron chi connectivity index (χ2n) is 6.40. The quantitative estimate of drug-likeness (QED) is 0.795. The molecule has 0 bridgehead atoms. The smallest absolute Gasteiger partial charge is 0.246 e. The summed E-state index contributed by atoms with van der Waals surface area (Å²) in [5.74, 6) is -1.86. The van der Waals surface area contributed by atoms with Gasteiger partial charge in [0.15, 0.2) is 0 Å². The van der Waals surface area contributed by atoms with Crippen LogP contribution >= 0.6 is 0 Å². The van der Waals surface area contributed by atoms with Crippen LogP contribution < -0.4 is 0 Å². The van der Waals surface area contributed by atoms with Crippen LogP contribution in [0.15, 0.2) is 30.9 Å². The van der Waals surface area contributed by atoms with Crippen molar-refractivity contribution in [2.45, 2.75) is 24.9 Å². The number of likely N-dealkylation sites (N-methyl/N-ethyl adjacent to an activating group) is 1. The van der Waals surface area contributed by atoms with E-state index in [1.165, 1.54) is 30.0 Å². The SMILES string of the molecule is C=CCN1C(=O)[C@@](C)(CF)N(C)C[C@@]1(C)c1cc(F)cc(F)c1. The van der Waals surface area contributed by atoms with Crippen LogP contribution in [0.3, 0.4) is 0 Å². The van der Waals surface area contributed by atoms with Crippen LogP contribution in [0, 0.1) is 11.6 Å². The van der Waals surface area contributed by atoms with Crippen molar-refractivity contribution in [2.24, 2.45) is 0 Å². The molecule has 0 aromatic heterocycles. The first-order chi connectivity index (χ1) is 10.7. The number of alkyl halides is 1. The number of benzene rings is 1. The summed E-state index contributed by atoms with van der Waals surface area (Å²) in [5, 5.41) is 0. The van der Waals surface area contributed by atoms with Gasteiger partial charge in [-0.05, 0) is 38.6 Å². The second kappa shape index (κ2) is 6.00. The van der Waals surface area contributed by atoms with Gasteiger partial charge in [-0.15, -0.1) is 6.58 Å². The first-order valence-corrected chi connectivity index (χ1v) is 7.36. The molecule has 2 rings (SSSR count). The number of piperazine rings is 1. The lowest BCUT2D eigenvalue weighted by Crippen LogP contribution is -2.70. The van der Waals surface area contributed by atoms with E-state index in [0.29, 0.717) is 5.56 Å². The van der Waals surface area contributed by atoms with Gasteiger partial charge < -0.3 is 4.90 Å². The average molecular weight is 326 g/mol. The maximum atomic E-state index is 13.6. The van der Waals surface area contributed by atoms with Gasteiger partial charge in [0, 0.05) is 19.2 Å². The molecule has 1 aromatic carbocycles. The van der Waals surface area contributed by atoms with Crippen molar-refractivity contribution in [1.29, 1.82) is 0 Å². The van der Waals surface area contributed by atoms with E-state index >= 15 is 0 Å². The maximum absolute atomic E-state index is 13.6. The molecule has 0 saturated carbocycles. The molecule has 0 unspecified atom stereocenters. The molecule has 1 aliphatic rings.